The molecule has 0 bridgehead atoms. The van der Waals surface area contributed by atoms with E-state index in [4.69, 9.17) is 9.47 Å². The van der Waals surface area contributed by atoms with Crippen LogP contribution in [0.3, 0.4) is 0 Å². The SMILES string of the molecule is COc1cc(N2CCC3(CC2)CC(NC(=O)c2cccs2)CO3)ncn1. The Bertz CT molecular complexity index is 760. The summed E-state index contributed by atoms with van der Waals surface area (Å²) in [6, 6.07) is 5.68. The van der Waals surface area contributed by atoms with Gasteiger partial charge < -0.3 is 19.7 Å². The Hall–Kier alpha value is -2.19. The Morgan fingerprint density at radius 1 is 1.42 bits per heavy atom. The summed E-state index contributed by atoms with van der Waals surface area (Å²) in [6.45, 7) is 2.32. The van der Waals surface area contributed by atoms with Crippen LogP contribution in [0.15, 0.2) is 29.9 Å². The first-order chi connectivity index (χ1) is 12.7. The molecule has 2 aliphatic heterocycles. The van der Waals surface area contributed by atoms with E-state index in [1.165, 1.54) is 17.7 Å². The molecule has 8 heteroatoms. The van der Waals surface area contributed by atoms with Gasteiger partial charge in [0.1, 0.15) is 12.1 Å². The Labute approximate surface area is 156 Å². The molecule has 0 radical (unpaired) electrons. The van der Waals surface area contributed by atoms with Crippen LogP contribution in [-0.2, 0) is 4.74 Å². The lowest BCUT2D eigenvalue weighted by Gasteiger charge is -2.39. The van der Waals surface area contributed by atoms with Gasteiger partial charge in [-0.1, -0.05) is 6.07 Å². The van der Waals surface area contributed by atoms with E-state index in [-0.39, 0.29) is 17.6 Å². The van der Waals surface area contributed by atoms with Crippen LogP contribution in [0.5, 0.6) is 5.88 Å². The van der Waals surface area contributed by atoms with Crippen molar-refractivity contribution in [1.82, 2.24) is 15.3 Å². The van der Waals surface area contributed by atoms with Gasteiger partial charge in [-0.2, -0.15) is 0 Å². The van der Waals surface area contributed by atoms with E-state index in [1.807, 2.05) is 23.6 Å². The summed E-state index contributed by atoms with van der Waals surface area (Å²) in [6.07, 6.45) is 4.24. The molecule has 7 nitrogen and oxygen atoms in total. The first kappa shape index (κ1) is 17.2. The van der Waals surface area contributed by atoms with Gasteiger partial charge in [0.25, 0.3) is 5.91 Å². The highest BCUT2D eigenvalue weighted by molar-refractivity contribution is 7.12. The highest BCUT2D eigenvalue weighted by Crippen LogP contribution is 2.37. The summed E-state index contributed by atoms with van der Waals surface area (Å²) in [5.41, 5.74) is -0.138. The third-order valence-electron chi connectivity index (χ3n) is 5.12. The minimum Gasteiger partial charge on any atom is -0.481 e. The quantitative estimate of drug-likeness (QED) is 0.883. The first-order valence-corrected chi connectivity index (χ1v) is 9.65. The van der Waals surface area contributed by atoms with Gasteiger partial charge in [0.15, 0.2) is 0 Å². The van der Waals surface area contributed by atoms with E-state index in [9.17, 15) is 4.79 Å². The zero-order valence-electron chi connectivity index (χ0n) is 14.7. The molecule has 26 heavy (non-hydrogen) atoms. The lowest BCUT2D eigenvalue weighted by atomic mass is 9.87. The molecule has 0 saturated carbocycles. The first-order valence-electron chi connectivity index (χ1n) is 8.77. The molecule has 138 valence electrons. The van der Waals surface area contributed by atoms with E-state index in [0.717, 1.165) is 43.0 Å². The van der Waals surface area contributed by atoms with Crippen LogP contribution >= 0.6 is 11.3 Å². The Balaban J connectivity index is 1.33. The van der Waals surface area contributed by atoms with Crippen LogP contribution in [0.2, 0.25) is 0 Å². The molecular formula is C18H22N4O3S. The molecule has 1 unspecified atom stereocenters. The lowest BCUT2D eigenvalue weighted by Crippen LogP contribution is -2.45. The summed E-state index contributed by atoms with van der Waals surface area (Å²) in [5.74, 6) is 1.45. The van der Waals surface area contributed by atoms with Crippen molar-refractivity contribution in [3.63, 3.8) is 0 Å². The van der Waals surface area contributed by atoms with Gasteiger partial charge in [-0.05, 0) is 30.7 Å². The molecule has 4 heterocycles. The number of piperidine rings is 1. The van der Waals surface area contributed by atoms with Crippen molar-refractivity contribution < 1.29 is 14.3 Å². The van der Waals surface area contributed by atoms with Gasteiger partial charge in [0, 0.05) is 19.2 Å². The fourth-order valence-corrected chi connectivity index (χ4v) is 4.33. The Morgan fingerprint density at radius 2 is 2.27 bits per heavy atom. The number of thiophene rings is 1. The average molecular weight is 374 g/mol. The summed E-state index contributed by atoms with van der Waals surface area (Å²) in [5, 5.41) is 5.02. The van der Waals surface area contributed by atoms with E-state index >= 15 is 0 Å². The van der Waals surface area contributed by atoms with E-state index < -0.39 is 0 Å². The van der Waals surface area contributed by atoms with Crippen molar-refractivity contribution in [1.29, 1.82) is 0 Å². The molecule has 1 N–H and O–H groups in total. The second-order valence-electron chi connectivity index (χ2n) is 6.75. The lowest BCUT2D eigenvalue weighted by molar-refractivity contribution is -0.0150. The van der Waals surface area contributed by atoms with Crippen molar-refractivity contribution in [2.45, 2.75) is 30.9 Å². The van der Waals surface area contributed by atoms with Crippen molar-refractivity contribution in [2.75, 3.05) is 31.7 Å². The molecule has 2 saturated heterocycles. The number of nitrogens with zero attached hydrogens (tertiary/aromatic N) is 3. The Morgan fingerprint density at radius 3 is 3.00 bits per heavy atom. The number of hydrogen-bond acceptors (Lipinski definition) is 7. The smallest absolute Gasteiger partial charge is 0.261 e. The summed E-state index contributed by atoms with van der Waals surface area (Å²) in [4.78, 5) is 23.6. The molecule has 0 aliphatic carbocycles. The molecular weight excluding hydrogens is 352 g/mol. The molecule has 1 spiro atoms. The van der Waals surface area contributed by atoms with E-state index in [0.29, 0.717) is 12.5 Å². The van der Waals surface area contributed by atoms with Gasteiger partial charge in [0.2, 0.25) is 5.88 Å². The van der Waals surface area contributed by atoms with Gasteiger partial charge in [-0.25, -0.2) is 9.97 Å². The molecule has 2 aromatic heterocycles. The number of rotatable bonds is 4. The fraction of sp³-hybridized carbons (Fsp3) is 0.500. The normalized spacial score (nSPS) is 21.7. The third-order valence-corrected chi connectivity index (χ3v) is 5.99. The molecule has 4 rings (SSSR count). The number of aromatic nitrogens is 2. The molecule has 1 amide bonds. The molecule has 1 atom stereocenters. The van der Waals surface area contributed by atoms with Crippen LogP contribution in [0.1, 0.15) is 28.9 Å². The number of hydrogen-bond donors (Lipinski definition) is 1. The van der Waals surface area contributed by atoms with Crippen LogP contribution in [-0.4, -0.2) is 54.3 Å². The van der Waals surface area contributed by atoms with Crippen LogP contribution in [0, 0.1) is 0 Å². The summed E-state index contributed by atoms with van der Waals surface area (Å²) >= 11 is 1.46. The second kappa shape index (κ2) is 7.20. The van der Waals surface area contributed by atoms with Gasteiger partial charge in [0.05, 0.1) is 30.2 Å². The largest absolute Gasteiger partial charge is 0.481 e. The van der Waals surface area contributed by atoms with Gasteiger partial charge in [-0.15, -0.1) is 11.3 Å². The number of anilines is 1. The highest BCUT2D eigenvalue weighted by atomic mass is 32.1. The number of carbonyl (C=O) groups excluding carboxylic acids is 1. The average Bonchev–Trinajstić information content (AvgIpc) is 3.33. The number of carbonyl (C=O) groups is 1. The van der Waals surface area contributed by atoms with Gasteiger partial charge in [-0.3, -0.25) is 4.79 Å². The van der Waals surface area contributed by atoms with E-state index in [1.54, 1.807) is 7.11 Å². The second-order valence-corrected chi connectivity index (χ2v) is 7.70. The monoisotopic (exact) mass is 374 g/mol. The predicted molar refractivity (Wildman–Crippen MR) is 98.9 cm³/mol. The van der Waals surface area contributed by atoms with E-state index in [2.05, 4.69) is 20.2 Å². The molecule has 0 aromatic carbocycles. The minimum atomic E-state index is -0.138. The zero-order chi connectivity index (χ0) is 18.0. The molecule has 2 aromatic rings. The molecule has 2 fully saturated rings. The van der Waals surface area contributed by atoms with Crippen LogP contribution in [0.25, 0.3) is 0 Å². The highest BCUT2D eigenvalue weighted by Gasteiger charge is 2.43. The number of methoxy groups -OCH3 is 1. The van der Waals surface area contributed by atoms with Crippen LogP contribution in [0.4, 0.5) is 5.82 Å². The fourth-order valence-electron chi connectivity index (χ4n) is 3.71. The Kier molecular flexibility index (Phi) is 4.78. The van der Waals surface area contributed by atoms with Gasteiger partial charge >= 0.3 is 0 Å². The zero-order valence-corrected chi connectivity index (χ0v) is 15.5. The van der Waals surface area contributed by atoms with Crippen LogP contribution < -0.4 is 15.0 Å². The standard InChI is InChI=1S/C18H22N4O3S/c1-24-16-9-15(19-12-20-16)22-6-4-18(5-7-22)10-13(11-25-18)21-17(23)14-3-2-8-26-14/h2-3,8-9,12-13H,4-7,10-11H2,1H3,(H,21,23). The topological polar surface area (TPSA) is 76.6 Å². The third kappa shape index (κ3) is 3.52. The maximum Gasteiger partial charge on any atom is 0.261 e. The van der Waals surface area contributed by atoms with Crippen molar-refractivity contribution >= 4 is 23.1 Å². The summed E-state index contributed by atoms with van der Waals surface area (Å²) < 4.78 is 11.3. The minimum absolute atomic E-state index is 0.00355. The number of ether oxygens (including phenoxy) is 2. The van der Waals surface area contributed by atoms with Crippen molar-refractivity contribution in [3.8, 4) is 5.88 Å². The maximum atomic E-state index is 12.2. The van der Waals surface area contributed by atoms with Crippen molar-refractivity contribution in [2.24, 2.45) is 0 Å². The predicted octanol–water partition coefficient (Wildman–Crippen LogP) is 2.10. The summed E-state index contributed by atoms with van der Waals surface area (Å²) in [7, 11) is 1.61. The maximum absolute atomic E-state index is 12.2. The van der Waals surface area contributed by atoms with Crippen molar-refractivity contribution in [3.05, 3.63) is 34.8 Å². The number of amides is 1. The molecule has 2 aliphatic rings. The number of nitrogens with one attached hydrogen (secondary N) is 1.